The number of esters is 1. The van der Waals surface area contributed by atoms with Gasteiger partial charge in [0.15, 0.2) is 0 Å². The highest BCUT2D eigenvalue weighted by molar-refractivity contribution is 5.83. The molecule has 19 heavy (non-hydrogen) atoms. The molecule has 2 aliphatic rings. The van der Waals surface area contributed by atoms with Crippen molar-refractivity contribution in [2.45, 2.75) is 63.5 Å². The molecule has 1 amide bonds. The molecule has 2 saturated carbocycles. The van der Waals surface area contributed by atoms with Gasteiger partial charge in [0.05, 0.1) is 13.2 Å². The zero-order valence-electron chi connectivity index (χ0n) is 11.7. The molecule has 0 aromatic heterocycles. The smallest absolute Gasteiger partial charge is 0.326 e. The molecule has 108 valence electrons. The third-order valence-corrected chi connectivity index (χ3v) is 3.90. The highest BCUT2D eigenvalue weighted by Crippen LogP contribution is 2.29. The summed E-state index contributed by atoms with van der Waals surface area (Å²) in [5.41, 5.74) is -0.644. The fourth-order valence-corrected chi connectivity index (χ4v) is 2.63. The largest absolute Gasteiger partial charge is 0.465 e. The number of amides is 1. The average Bonchev–Trinajstić information content (AvgIpc) is 3.22. The van der Waals surface area contributed by atoms with Gasteiger partial charge in [-0.05, 0) is 32.6 Å². The first-order valence-electron chi connectivity index (χ1n) is 7.38. The van der Waals surface area contributed by atoms with Gasteiger partial charge >= 0.3 is 5.97 Å². The van der Waals surface area contributed by atoms with E-state index in [-0.39, 0.29) is 18.4 Å². The Kier molecular flexibility index (Phi) is 4.80. The fraction of sp³-hybridized carbons (Fsp3) is 0.857. The third-order valence-electron chi connectivity index (χ3n) is 3.90. The average molecular weight is 268 g/mol. The zero-order valence-corrected chi connectivity index (χ0v) is 11.7. The molecule has 0 saturated heterocycles. The normalized spacial score (nSPS) is 21.7. The predicted octanol–water partition coefficient (Wildman–Crippen LogP) is 1.12. The van der Waals surface area contributed by atoms with Crippen LogP contribution in [-0.4, -0.2) is 36.6 Å². The molecular formula is C14H24N2O3. The molecule has 2 fully saturated rings. The summed E-state index contributed by atoms with van der Waals surface area (Å²) in [6, 6.07) is 0.360. The molecule has 0 aliphatic heterocycles. The number of hydrogen-bond acceptors (Lipinski definition) is 4. The summed E-state index contributed by atoms with van der Waals surface area (Å²) in [6.07, 6.45) is 6.86. The van der Waals surface area contributed by atoms with Gasteiger partial charge in [-0.2, -0.15) is 0 Å². The lowest BCUT2D eigenvalue weighted by Crippen LogP contribution is -2.56. The Bertz CT molecular complexity index is 334. The van der Waals surface area contributed by atoms with E-state index in [1.165, 1.54) is 0 Å². The van der Waals surface area contributed by atoms with E-state index < -0.39 is 5.54 Å². The highest BCUT2D eigenvalue weighted by atomic mass is 16.5. The lowest BCUT2D eigenvalue weighted by Gasteiger charge is -2.35. The standard InChI is InChI=1S/C14H24N2O3/c1-2-19-13(18)14(8-4-3-5-9-14)15-10-12(17)16-11-6-7-11/h11,15H,2-10H2,1H3,(H,16,17). The van der Waals surface area contributed by atoms with E-state index in [0.29, 0.717) is 12.6 Å². The molecule has 0 spiro atoms. The minimum Gasteiger partial charge on any atom is -0.465 e. The Morgan fingerprint density at radius 1 is 1.21 bits per heavy atom. The molecule has 2 rings (SSSR count). The number of rotatable bonds is 6. The maximum atomic E-state index is 12.2. The van der Waals surface area contributed by atoms with E-state index in [2.05, 4.69) is 10.6 Å². The topological polar surface area (TPSA) is 67.4 Å². The highest BCUT2D eigenvalue weighted by Gasteiger charge is 2.41. The maximum absolute atomic E-state index is 12.2. The van der Waals surface area contributed by atoms with Crippen LogP contribution in [0.15, 0.2) is 0 Å². The summed E-state index contributed by atoms with van der Waals surface area (Å²) >= 11 is 0. The molecule has 2 aliphatic carbocycles. The van der Waals surface area contributed by atoms with Gasteiger partial charge in [0.1, 0.15) is 5.54 Å². The summed E-state index contributed by atoms with van der Waals surface area (Å²) in [6.45, 7) is 2.40. The second kappa shape index (κ2) is 6.37. The van der Waals surface area contributed by atoms with E-state index in [1.54, 1.807) is 0 Å². The third kappa shape index (κ3) is 3.93. The second-order valence-electron chi connectivity index (χ2n) is 5.56. The van der Waals surface area contributed by atoms with Crippen LogP contribution in [0.4, 0.5) is 0 Å². The predicted molar refractivity (Wildman–Crippen MR) is 71.6 cm³/mol. The summed E-state index contributed by atoms with van der Waals surface area (Å²) in [5, 5.41) is 6.09. The van der Waals surface area contributed by atoms with E-state index in [4.69, 9.17) is 4.74 Å². The molecule has 5 nitrogen and oxygen atoms in total. The SMILES string of the molecule is CCOC(=O)C1(NCC(=O)NC2CC2)CCCCC1. The molecule has 0 aromatic rings. The van der Waals surface area contributed by atoms with Crippen LogP contribution in [-0.2, 0) is 14.3 Å². The zero-order chi connectivity index (χ0) is 13.7. The maximum Gasteiger partial charge on any atom is 0.326 e. The van der Waals surface area contributed by atoms with Crippen LogP contribution in [0.25, 0.3) is 0 Å². The van der Waals surface area contributed by atoms with Crippen molar-refractivity contribution in [2.75, 3.05) is 13.2 Å². The Labute approximate surface area is 114 Å². The number of hydrogen-bond donors (Lipinski definition) is 2. The molecular weight excluding hydrogens is 244 g/mol. The van der Waals surface area contributed by atoms with Crippen LogP contribution in [0.2, 0.25) is 0 Å². The van der Waals surface area contributed by atoms with Gasteiger partial charge in [-0.3, -0.25) is 14.9 Å². The lowest BCUT2D eigenvalue weighted by atomic mass is 9.81. The summed E-state index contributed by atoms with van der Waals surface area (Å²) in [5.74, 6) is -0.217. The van der Waals surface area contributed by atoms with Crippen molar-refractivity contribution in [3.63, 3.8) is 0 Å². The van der Waals surface area contributed by atoms with Crippen molar-refractivity contribution in [1.29, 1.82) is 0 Å². The minimum absolute atomic E-state index is 0.0169. The first-order chi connectivity index (χ1) is 9.16. The van der Waals surface area contributed by atoms with Crippen LogP contribution in [0.3, 0.4) is 0 Å². The summed E-state index contributed by atoms with van der Waals surface area (Å²) in [4.78, 5) is 23.9. The molecule has 2 N–H and O–H groups in total. The van der Waals surface area contributed by atoms with Gasteiger partial charge in [-0.15, -0.1) is 0 Å². The van der Waals surface area contributed by atoms with Gasteiger partial charge in [-0.1, -0.05) is 19.3 Å². The van der Waals surface area contributed by atoms with Crippen molar-refractivity contribution in [1.82, 2.24) is 10.6 Å². The number of carbonyl (C=O) groups excluding carboxylic acids is 2. The van der Waals surface area contributed by atoms with E-state index >= 15 is 0 Å². The molecule has 0 atom stereocenters. The molecule has 0 aromatic carbocycles. The monoisotopic (exact) mass is 268 g/mol. The van der Waals surface area contributed by atoms with Gasteiger partial charge in [-0.25, -0.2) is 0 Å². The Hall–Kier alpha value is -1.10. The first-order valence-corrected chi connectivity index (χ1v) is 7.38. The molecule has 0 bridgehead atoms. The summed E-state index contributed by atoms with van der Waals surface area (Å²) in [7, 11) is 0. The lowest BCUT2D eigenvalue weighted by molar-refractivity contribution is -0.153. The van der Waals surface area contributed by atoms with Crippen molar-refractivity contribution in [3.05, 3.63) is 0 Å². The molecule has 0 heterocycles. The van der Waals surface area contributed by atoms with E-state index in [9.17, 15) is 9.59 Å². The van der Waals surface area contributed by atoms with Gasteiger partial charge in [0, 0.05) is 6.04 Å². The summed E-state index contributed by atoms with van der Waals surface area (Å²) < 4.78 is 5.18. The Morgan fingerprint density at radius 2 is 1.89 bits per heavy atom. The number of ether oxygens (including phenoxy) is 1. The van der Waals surface area contributed by atoms with Gasteiger partial charge < -0.3 is 10.1 Å². The van der Waals surface area contributed by atoms with Gasteiger partial charge in [0.25, 0.3) is 0 Å². The van der Waals surface area contributed by atoms with Crippen LogP contribution >= 0.6 is 0 Å². The number of carbonyl (C=O) groups is 2. The van der Waals surface area contributed by atoms with E-state index in [1.807, 2.05) is 6.92 Å². The molecule has 0 unspecified atom stereocenters. The van der Waals surface area contributed by atoms with Crippen LogP contribution in [0.1, 0.15) is 51.9 Å². The Balaban J connectivity index is 1.88. The molecule has 0 radical (unpaired) electrons. The van der Waals surface area contributed by atoms with Gasteiger partial charge in [0.2, 0.25) is 5.91 Å². The minimum atomic E-state index is -0.644. The van der Waals surface area contributed by atoms with E-state index in [0.717, 1.165) is 44.9 Å². The first kappa shape index (κ1) is 14.3. The van der Waals surface area contributed by atoms with Crippen molar-refractivity contribution < 1.29 is 14.3 Å². The van der Waals surface area contributed by atoms with Crippen molar-refractivity contribution >= 4 is 11.9 Å². The van der Waals surface area contributed by atoms with Crippen LogP contribution < -0.4 is 10.6 Å². The fourth-order valence-electron chi connectivity index (χ4n) is 2.63. The van der Waals surface area contributed by atoms with Crippen LogP contribution in [0.5, 0.6) is 0 Å². The Morgan fingerprint density at radius 3 is 2.47 bits per heavy atom. The second-order valence-corrected chi connectivity index (χ2v) is 5.56. The quantitative estimate of drug-likeness (QED) is 0.708. The number of nitrogens with one attached hydrogen (secondary N) is 2. The van der Waals surface area contributed by atoms with Crippen LogP contribution in [0, 0.1) is 0 Å². The molecule has 5 heteroatoms. The van der Waals surface area contributed by atoms with Crippen molar-refractivity contribution in [2.24, 2.45) is 0 Å². The van der Waals surface area contributed by atoms with Crippen molar-refractivity contribution in [3.8, 4) is 0 Å².